The molecule has 7 nitrogen and oxygen atoms in total. The fraction of sp³-hybridized carbons (Fsp3) is 0.318. The number of thioether (sulfide) groups is 1. The number of hydrogen-bond donors (Lipinski definition) is 3. The molecular weight excluding hydrogens is 436 g/mol. The van der Waals surface area contributed by atoms with Crippen molar-refractivity contribution in [3.8, 4) is 0 Å². The van der Waals surface area contributed by atoms with Crippen LogP contribution in [-0.4, -0.2) is 41.1 Å². The maximum Gasteiger partial charge on any atom is 0.321 e. The predicted molar refractivity (Wildman–Crippen MR) is 122 cm³/mol. The number of carbonyl (C=O) groups is 3. The largest absolute Gasteiger partial charge is 0.352 e. The van der Waals surface area contributed by atoms with Crippen molar-refractivity contribution in [2.75, 3.05) is 23.7 Å². The molecule has 4 amide bonds. The van der Waals surface area contributed by atoms with Crippen molar-refractivity contribution in [2.45, 2.75) is 36.0 Å². The number of nitrogens with zero attached hydrogens (tertiary/aromatic N) is 1. The second-order valence-electron chi connectivity index (χ2n) is 7.54. The normalized spacial score (nSPS) is 17.6. The molecular formula is C22H23ClN4O3S. The highest BCUT2D eigenvalue weighted by Crippen LogP contribution is 2.38. The van der Waals surface area contributed by atoms with E-state index < -0.39 is 5.25 Å². The molecule has 0 aliphatic carbocycles. The number of anilines is 2. The van der Waals surface area contributed by atoms with Crippen molar-refractivity contribution >= 4 is 52.6 Å². The van der Waals surface area contributed by atoms with Crippen LogP contribution in [0.2, 0.25) is 5.02 Å². The second-order valence-corrected chi connectivity index (χ2v) is 9.22. The van der Waals surface area contributed by atoms with Gasteiger partial charge in [-0.05, 0) is 48.7 Å². The molecule has 1 fully saturated rings. The van der Waals surface area contributed by atoms with Crippen LogP contribution in [0.4, 0.5) is 16.2 Å². The molecule has 2 aromatic carbocycles. The predicted octanol–water partition coefficient (Wildman–Crippen LogP) is 4.09. The molecule has 2 aliphatic rings. The summed E-state index contributed by atoms with van der Waals surface area (Å²) < 4.78 is 0. The van der Waals surface area contributed by atoms with Crippen LogP contribution in [0, 0.1) is 0 Å². The Hall–Kier alpha value is -2.71. The number of amides is 4. The monoisotopic (exact) mass is 458 g/mol. The van der Waals surface area contributed by atoms with Gasteiger partial charge in [-0.2, -0.15) is 0 Å². The molecule has 1 unspecified atom stereocenters. The van der Waals surface area contributed by atoms with E-state index in [0.717, 1.165) is 36.4 Å². The number of carbonyl (C=O) groups excluding carboxylic acids is 3. The zero-order chi connectivity index (χ0) is 21.8. The summed E-state index contributed by atoms with van der Waals surface area (Å²) >= 11 is 7.33. The smallest absolute Gasteiger partial charge is 0.321 e. The Morgan fingerprint density at radius 1 is 1.16 bits per heavy atom. The molecule has 2 heterocycles. The number of urea groups is 1. The molecule has 1 saturated heterocycles. The third kappa shape index (κ3) is 5.51. The molecule has 162 valence electrons. The maximum atomic E-state index is 12.4. The summed E-state index contributed by atoms with van der Waals surface area (Å²) in [6.07, 6.45) is 2.15. The van der Waals surface area contributed by atoms with Gasteiger partial charge in [0.05, 0.1) is 10.9 Å². The van der Waals surface area contributed by atoms with E-state index in [-0.39, 0.29) is 24.3 Å². The summed E-state index contributed by atoms with van der Waals surface area (Å²) in [4.78, 5) is 39.7. The molecule has 0 saturated carbocycles. The molecule has 1 atom stereocenters. The number of nitrogens with one attached hydrogen (secondary N) is 3. The standard InChI is InChI=1S/C22H23ClN4O3S/c23-15-6-7-18-17(11-15)26-21(29)19(31-18)12-20(28)24-13-14-4-3-5-16(10-14)25-22(30)27-8-1-2-9-27/h3-7,10-11,19H,1-2,8-9,12-13H2,(H,24,28)(H,25,30)(H,26,29). The van der Waals surface area contributed by atoms with E-state index >= 15 is 0 Å². The van der Waals surface area contributed by atoms with E-state index in [1.54, 1.807) is 17.0 Å². The van der Waals surface area contributed by atoms with E-state index in [1.165, 1.54) is 11.8 Å². The molecule has 0 aromatic heterocycles. The lowest BCUT2D eigenvalue weighted by Crippen LogP contribution is -2.34. The van der Waals surface area contributed by atoms with Gasteiger partial charge >= 0.3 is 6.03 Å². The zero-order valence-electron chi connectivity index (χ0n) is 16.8. The summed E-state index contributed by atoms with van der Waals surface area (Å²) in [5.41, 5.74) is 2.24. The van der Waals surface area contributed by atoms with Crippen molar-refractivity contribution < 1.29 is 14.4 Å². The third-order valence-electron chi connectivity index (χ3n) is 5.19. The highest BCUT2D eigenvalue weighted by atomic mass is 35.5. The number of fused-ring (bicyclic) bond motifs is 1. The van der Waals surface area contributed by atoms with Crippen molar-refractivity contribution in [1.82, 2.24) is 10.2 Å². The Kier molecular flexibility index (Phi) is 6.67. The van der Waals surface area contributed by atoms with Gasteiger partial charge in [-0.25, -0.2) is 4.79 Å². The number of rotatable bonds is 5. The first-order valence-electron chi connectivity index (χ1n) is 10.2. The molecule has 31 heavy (non-hydrogen) atoms. The van der Waals surface area contributed by atoms with Crippen LogP contribution in [0.5, 0.6) is 0 Å². The second kappa shape index (κ2) is 9.62. The lowest BCUT2D eigenvalue weighted by atomic mass is 10.2. The Labute approximate surface area is 189 Å². The molecule has 0 bridgehead atoms. The van der Waals surface area contributed by atoms with Crippen molar-refractivity contribution in [2.24, 2.45) is 0 Å². The highest BCUT2D eigenvalue weighted by Gasteiger charge is 2.29. The average molecular weight is 459 g/mol. The first-order valence-corrected chi connectivity index (χ1v) is 11.4. The SMILES string of the molecule is O=C(CC1Sc2ccc(Cl)cc2NC1=O)NCc1cccc(NC(=O)N2CCCC2)c1. The zero-order valence-corrected chi connectivity index (χ0v) is 18.4. The lowest BCUT2D eigenvalue weighted by Gasteiger charge is -2.23. The third-order valence-corrected chi connectivity index (χ3v) is 6.70. The summed E-state index contributed by atoms with van der Waals surface area (Å²) in [5.74, 6) is -0.418. The molecule has 4 rings (SSSR count). The van der Waals surface area contributed by atoms with Crippen LogP contribution in [0.25, 0.3) is 0 Å². The molecule has 0 radical (unpaired) electrons. The van der Waals surface area contributed by atoms with Crippen molar-refractivity contribution in [1.29, 1.82) is 0 Å². The first kappa shape index (κ1) is 21.5. The number of hydrogen-bond acceptors (Lipinski definition) is 4. The fourth-order valence-corrected chi connectivity index (χ4v) is 4.84. The number of benzene rings is 2. The molecule has 0 spiro atoms. The Balaban J connectivity index is 1.29. The summed E-state index contributed by atoms with van der Waals surface area (Å²) in [6, 6.07) is 12.6. The van der Waals surface area contributed by atoms with Gasteiger partial charge < -0.3 is 20.9 Å². The number of likely N-dealkylation sites (tertiary alicyclic amines) is 1. The molecule has 2 aliphatic heterocycles. The van der Waals surface area contributed by atoms with E-state index in [2.05, 4.69) is 16.0 Å². The molecule has 3 N–H and O–H groups in total. The van der Waals surface area contributed by atoms with Gasteiger partial charge in [-0.1, -0.05) is 23.7 Å². The summed E-state index contributed by atoms with van der Waals surface area (Å²) in [7, 11) is 0. The van der Waals surface area contributed by atoms with Gasteiger partial charge in [0.1, 0.15) is 0 Å². The van der Waals surface area contributed by atoms with Gasteiger partial charge in [-0.15, -0.1) is 11.8 Å². The van der Waals surface area contributed by atoms with Gasteiger partial charge in [0.2, 0.25) is 11.8 Å². The summed E-state index contributed by atoms with van der Waals surface area (Å²) in [6.45, 7) is 1.88. The van der Waals surface area contributed by atoms with Crippen LogP contribution in [-0.2, 0) is 16.1 Å². The van der Waals surface area contributed by atoms with E-state index in [0.29, 0.717) is 22.9 Å². The topological polar surface area (TPSA) is 90.5 Å². The van der Waals surface area contributed by atoms with Crippen LogP contribution < -0.4 is 16.0 Å². The van der Waals surface area contributed by atoms with Crippen LogP contribution in [0.15, 0.2) is 47.4 Å². The van der Waals surface area contributed by atoms with Crippen molar-refractivity contribution in [3.05, 3.63) is 53.1 Å². The van der Waals surface area contributed by atoms with Gasteiger partial charge in [0, 0.05) is 41.7 Å². The van der Waals surface area contributed by atoms with Gasteiger partial charge in [0.15, 0.2) is 0 Å². The van der Waals surface area contributed by atoms with Gasteiger partial charge in [-0.3, -0.25) is 9.59 Å². The Morgan fingerprint density at radius 3 is 2.77 bits per heavy atom. The van der Waals surface area contributed by atoms with Crippen LogP contribution >= 0.6 is 23.4 Å². The quantitative estimate of drug-likeness (QED) is 0.629. The minimum Gasteiger partial charge on any atom is -0.352 e. The van der Waals surface area contributed by atoms with E-state index in [1.807, 2.05) is 30.3 Å². The first-order chi connectivity index (χ1) is 15.0. The molecule has 9 heteroatoms. The fourth-order valence-electron chi connectivity index (χ4n) is 3.58. The average Bonchev–Trinajstić information content (AvgIpc) is 3.28. The number of halogens is 1. The van der Waals surface area contributed by atoms with E-state index in [9.17, 15) is 14.4 Å². The lowest BCUT2D eigenvalue weighted by molar-refractivity contribution is -0.124. The Bertz CT molecular complexity index is 1010. The van der Waals surface area contributed by atoms with Crippen LogP contribution in [0.1, 0.15) is 24.8 Å². The maximum absolute atomic E-state index is 12.4. The minimum atomic E-state index is -0.500. The van der Waals surface area contributed by atoms with Gasteiger partial charge in [0.25, 0.3) is 0 Å². The highest BCUT2D eigenvalue weighted by molar-refractivity contribution is 8.01. The summed E-state index contributed by atoms with van der Waals surface area (Å²) in [5, 5.41) is 8.63. The van der Waals surface area contributed by atoms with Crippen molar-refractivity contribution in [3.63, 3.8) is 0 Å². The van der Waals surface area contributed by atoms with E-state index in [4.69, 9.17) is 11.6 Å². The van der Waals surface area contributed by atoms with Crippen LogP contribution in [0.3, 0.4) is 0 Å². The molecule has 2 aromatic rings. The minimum absolute atomic E-state index is 0.0734. The Morgan fingerprint density at radius 2 is 1.97 bits per heavy atom.